The lowest BCUT2D eigenvalue weighted by atomic mass is 9.96. The highest BCUT2D eigenvalue weighted by Crippen LogP contribution is 2.33. The van der Waals surface area contributed by atoms with Crippen molar-refractivity contribution < 1.29 is 8.42 Å². The minimum Gasteiger partial charge on any atom is -0.237 e. The first-order chi connectivity index (χ1) is 10.8. The first-order valence-corrected chi connectivity index (χ1v) is 9.37. The second-order valence-electron chi connectivity index (χ2n) is 5.91. The van der Waals surface area contributed by atoms with Crippen LogP contribution in [0.2, 0.25) is 0 Å². The fourth-order valence-corrected chi connectivity index (χ4v) is 3.89. The van der Waals surface area contributed by atoms with E-state index in [-0.39, 0.29) is 12.0 Å². The maximum Gasteiger partial charge on any atom is 0.209 e. The van der Waals surface area contributed by atoms with Gasteiger partial charge in [0.05, 0.1) is 11.9 Å². The summed E-state index contributed by atoms with van der Waals surface area (Å²) in [5.41, 5.74) is 3.13. The summed E-state index contributed by atoms with van der Waals surface area (Å²) in [4.78, 5) is 4.35. The van der Waals surface area contributed by atoms with Crippen LogP contribution >= 0.6 is 0 Å². The molecule has 0 saturated carbocycles. The highest BCUT2D eigenvalue weighted by atomic mass is 32.2. The number of rotatable bonds is 4. The third-order valence-electron chi connectivity index (χ3n) is 4.03. The Bertz CT molecular complexity index is 840. The van der Waals surface area contributed by atoms with Crippen molar-refractivity contribution in [2.45, 2.75) is 32.2 Å². The van der Waals surface area contributed by atoms with Gasteiger partial charge in [0.15, 0.2) is 5.82 Å². The molecule has 0 fully saturated rings. The SMILES string of the molecule is Cc1nn(-c2ccccn2)c(C)c1[C@@H]1C=C[C@@H](NS(C)(=O)=O)C1. The van der Waals surface area contributed by atoms with Gasteiger partial charge in [0.25, 0.3) is 0 Å². The van der Waals surface area contributed by atoms with E-state index in [9.17, 15) is 8.42 Å². The maximum atomic E-state index is 11.4. The van der Waals surface area contributed by atoms with E-state index in [1.807, 2.05) is 42.8 Å². The van der Waals surface area contributed by atoms with Crippen molar-refractivity contribution in [3.63, 3.8) is 0 Å². The van der Waals surface area contributed by atoms with Gasteiger partial charge in [-0.3, -0.25) is 0 Å². The predicted octanol–water partition coefficient (Wildman–Crippen LogP) is 1.85. The van der Waals surface area contributed by atoms with Crippen LogP contribution in [0.1, 0.15) is 29.3 Å². The van der Waals surface area contributed by atoms with Gasteiger partial charge in [-0.15, -0.1) is 0 Å². The molecule has 1 aliphatic carbocycles. The third kappa shape index (κ3) is 3.35. The average Bonchev–Trinajstić information content (AvgIpc) is 3.02. The molecule has 2 aromatic rings. The highest BCUT2D eigenvalue weighted by Gasteiger charge is 2.27. The minimum atomic E-state index is -3.20. The molecular formula is C16H20N4O2S. The topological polar surface area (TPSA) is 76.9 Å². The van der Waals surface area contributed by atoms with Crippen molar-refractivity contribution >= 4 is 10.0 Å². The zero-order valence-corrected chi connectivity index (χ0v) is 14.2. The second-order valence-corrected chi connectivity index (χ2v) is 7.69. The van der Waals surface area contributed by atoms with Gasteiger partial charge >= 0.3 is 0 Å². The molecule has 0 amide bonds. The molecule has 122 valence electrons. The zero-order chi connectivity index (χ0) is 16.6. The molecule has 0 aromatic carbocycles. The molecule has 1 N–H and O–H groups in total. The molecule has 0 saturated heterocycles. The quantitative estimate of drug-likeness (QED) is 0.867. The van der Waals surface area contributed by atoms with Crippen LogP contribution in [-0.4, -0.2) is 35.5 Å². The van der Waals surface area contributed by atoms with Crippen molar-refractivity contribution in [3.8, 4) is 5.82 Å². The van der Waals surface area contributed by atoms with Crippen molar-refractivity contribution in [2.24, 2.45) is 0 Å². The van der Waals surface area contributed by atoms with Gasteiger partial charge in [0.2, 0.25) is 10.0 Å². The first-order valence-electron chi connectivity index (χ1n) is 7.48. The molecule has 2 atom stereocenters. The lowest BCUT2D eigenvalue weighted by Crippen LogP contribution is -2.31. The van der Waals surface area contributed by atoms with Crippen LogP contribution in [0.5, 0.6) is 0 Å². The van der Waals surface area contributed by atoms with E-state index in [0.717, 1.165) is 22.8 Å². The summed E-state index contributed by atoms with van der Waals surface area (Å²) in [5, 5.41) is 4.61. The summed E-state index contributed by atoms with van der Waals surface area (Å²) in [5.74, 6) is 0.943. The maximum absolute atomic E-state index is 11.4. The van der Waals surface area contributed by atoms with Crippen LogP contribution in [0.3, 0.4) is 0 Å². The molecule has 23 heavy (non-hydrogen) atoms. The van der Waals surface area contributed by atoms with Gasteiger partial charge in [0, 0.05) is 29.4 Å². The fourth-order valence-electron chi connectivity index (χ4n) is 3.17. The molecule has 0 spiro atoms. The van der Waals surface area contributed by atoms with Crippen molar-refractivity contribution in [3.05, 3.63) is 53.5 Å². The lowest BCUT2D eigenvalue weighted by molar-refractivity contribution is 0.569. The first kappa shape index (κ1) is 15.9. The Morgan fingerprint density at radius 3 is 2.70 bits per heavy atom. The van der Waals surface area contributed by atoms with E-state index in [4.69, 9.17) is 0 Å². The fraction of sp³-hybridized carbons (Fsp3) is 0.375. The minimum absolute atomic E-state index is 0.159. The van der Waals surface area contributed by atoms with Crippen molar-refractivity contribution in [2.75, 3.05) is 6.26 Å². The number of nitrogens with zero attached hydrogens (tertiary/aromatic N) is 3. The van der Waals surface area contributed by atoms with Gasteiger partial charge < -0.3 is 0 Å². The summed E-state index contributed by atoms with van der Waals surface area (Å²) in [6.45, 7) is 4.00. The number of hydrogen-bond acceptors (Lipinski definition) is 4. The monoisotopic (exact) mass is 332 g/mol. The standard InChI is InChI=1S/C16H20N4O2S/c1-11-16(13-7-8-14(10-13)19-23(3,21)22)12(2)20(18-11)15-6-4-5-9-17-15/h4-9,13-14,19H,10H2,1-3H3/t13-,14-/m1/s1. The number of pyridine rings is 1. The van der Waals surface area contributed by atoms with E-state index in [0.29, 0.717) is 6.42 Å². The van der Waals surface area contributed by atoms with Crippen LogP contribution in [0, 0.1) is 13.8 Å². The van der Waals surface area contributed by atoms with E-state index in [2.05, 4.69) is 20.9 Å². The normalized spacial score (nSPS) is 21.0. The van der Waals surface area contributed by atoms with Gasteiger partial charge in [-0.05, 0) is 32.4 Å². The number of aromatic nitrogens is 3. The summed E-state index contributed by atoms with van der Waals surface area (Å²) < 4.78 is 27.3. The molecule has 2 heterocycles. The Kier molecular flexibility index (Phi) is 4.08. The van der Waals surface area contributed by atoms with Gasteiger partial charge in [-0.2, -0.15) is 5.10 Å². The molecule has 0 radical (unpaired) electrons. The Labute approximate surface area is 136 Å². The smallest absolute Gasteiger partial charge is 0.209 e. The van der Waals surface area contributed by atoms with Gasteiger partial charge in [-0.25, -0.2) is 22.8 Å². The van der Waals surface area contributed by atoms with Crippen LogP contribution in [0.25, 0.3) is 5.82 Å². The van der Waals surface area contributed by atoms with Crippen LogP contribution in [-0.2, 0) is 10.0 Å². The molecule has 0 aliphatic heterocycles. The lowest BCUT2D eigenvalue weighted by Gasteiger charge is -2.13. The largest absolute Gasteiger partial charge is 0.237 e. The highest BCUT2D eigenvalue weighted by molar-refractivity contribution is 7.88. The molecule has 0 unspecified atom stereocenters. The summed E-state index contributed by atoms with van der Waals surface area (Å²) in [7, 11) is -3.20. The summed E-state index contributed by atoms with van der Waals surface area (Å²) in [6, 6.07) is 5.56. The Morgan fingerprint density at radius 2 is 2.04 bits per heavy atom. The molecular weight excluding hydrogens is 312 g/mol. The number of hydrogen-bond donors (Lipinski definition) is 1. The second kappa shape index (κ2) is 5.90. The Morgan fingerprint density at radius 1 is 1.26 bits per heavy atom. The summed E-state index contributed by atoms with van der Waals surface area (Å²) in [6.07, 6.45) is 7.62. The molecule has 6 nitrogen and oxygen atoms in total. The van der Waals surface area contributed by atoms with Crippen LogP contribution in [0.4, 0.5) is 0 Å². The average molecular weight is 332 g/mol. The Balaban J connectivity index is 1.88. The zero-order valence-electron chi connectivity index (χ0n) is 13.4. The number of nitrogens with one attached hydrogen (secondary N) is 1. The van der Waals surface area contributed by atoms with E-state index < -0.39 is 10.0 Å². The molecule has 7 heteroatoms. The van der Waals surface area contributed by atoms with Crippen molar-refractivity contribution in [1.29, 1.82) is 0 Å². The Hall–Kier alpha value is -1.99. The molecule has 2 aromatic heterocycles. The van der Waals surface area contributed by atoms with E-state index in [1.165, 1.54) is 6.26 Å². The van der Waals surface area contributed by atoms with E-state index >= 15 is 0 Å². The van der Waals surface area contributed by atoms with Gasteiger partial charge in [0.1, 0.15) is 0 Å². The van der Waals surface area contributed by atoms with Crippen molar-refractivity contribution in [1.82, 2.24) is 19.5 Å². The van der Waals surface area contributed by atoms with Gasteiger partial charge in [-0.1, -0.05) is 18.2 Å². The third-order valence-corrected chi connectivity index (χ3v) is 4.76. The molecule has 1 aliphatic rings. The van der Waals surface area contributed by atoms with Crippen LogP contribution in [0.15, 0.2) is 36.5 Å². The van der Waals surface area contributed by atoms with E-state index in [1.54, 1.807) is 6.20 Å². The molecule has 0 bridgehead atoms. The predicted molar refractivity (Wildman–Crippen MR) is 89.1 cm³/mol. The van der Waals surface area contributed by atoms with Crippen LogP contribution < -0.4 is 4.72 Å². The number of allylic oxidation sites excluding steroid dienone is 1. The number of aryl methyl sites for hydroxylation is 1. The molecule has 3 rings (SSSR count). The number of sulfonamides is 1. The summed E-state index contributed by atoms with van der Waals surface area (Å²) >= 11 is 0.